The zero-order valence-electron chi connectivity index (χ0n) is 11.9. The molecule has 1 heterocycles. The molecular formula is C17H11F2N3O. The molecule has 4 nitrogen and oxygen atoms in total. The molecule has 1 amide bonds. The van der Waals surface area contributed by atoms with E-state index in [0.717, 1.165) is 23.9 Å². The minimum atomic E-state index is -0.860. The Balaban J connectivity index is 1.91. The van der Waals surface area contributed by atoms with Gasteiger partial charge in [0.25, 0.3) is 5.91 Å². The first-order valence-electron chi connectivity index (χ1n) is 6.78. The Morgan fingerprint density at radius 3 is 2.52 bits per heavy atom. The molecule has 0 atom stereocenters. The van der Waals surface area contributed by atoms with Crippen LogP contribution in [-0.4, -0.2) is 15.7 Å². The van der Waals surface area contributed by atoms with E-state index in [1.54, 1.807) is 16.9 Å². The molecule has 23 heavy (non-hydrogen) atoms. The van der Waals surface area contributed by atoms with Crippen LogP contribution in [0.15, 0.2) is 72.0 Å². The Morgan fingerprint density at radius 1 is 1.04 bits per heavy atom. The average Bonchev–Trinajstić information content (AvgIpc) is 2.58. The molecule has 3 rings (SSSR count). The summed E-state index contributed by atoms with van der Waals surface area (Å²) in [5.74, 6) is -2.37. The summed E-state index contributed by atoms with van der Waals surface area (Å²) in [5.41, 5.74) is 0.436. The first-order chi connectivity index (χ1) is 11.1. The number of amides is 1. The highest BCUT2D eigenvalue weighted by atomic mass is 19.1. The van der Waals surface area contributed by atoms with Gasteiger partial charge in [0.1, 0.15) is 11.6 Å². The summed E-state index contributed by atoms with van der Waals surface area (Å²) in [4.78, 5) is 15.7. The first-order valence-corrected chi connectivity index (χ1v) is 6.78. The molecule has 2 aromatic carbocycles. The van der Waals surface area contributed by atoms with Crippen molar-refractivity contribution in [2.24, 2.45) is 4.99 Å². The van der Waals surface area contributed by atoms with Gasteiger partial charge in [0.05, 0.1) is 22.8 Å². The van der Waals surface area contributed by atoms with E-state index < -0.39 is 23.1 Å². The lowest BCUT2D eigenvalue weighted by Crippen LogP contribution is -2.12. The van der Waals surface area contributed by atoms with Crippen LogP contribution in [0.3, 0.4) is 0 Å². The van der Waals surface area contributed by atoms with Crippen LogP contribution in [0, 0.1) is 11.6 Å². The third kappa shape index (κ3) is 3.37. The smallest absolute Gasteiger partial charge is 0.267 e. The number of nitrogens with zero attached hydrogens (tertiary/aromatic N) is 3. The second-order valence-electron chi connectivity index (χ2n) is 4.71. The van der Waals surface area contributed by atoms with Crippen molar-refractivity contribution in [3.63, 3.8) is 0 Å². The normalized spacial score (nSPS) is 11.5. The second-order valence-corrected chi connectivity index (χ2v) is 4.71. The molecule has 0 aliphatic carbocycles. The van der Waals surface area contributed by atoms with E-state index in [4.69, 9.17) is 0 Å². The fraction of sp³-hybridized carbons (Fsp3) is 0. The predicted molar refractivity (Wildman–Crippen MR) is 79.8 cm³/mol. The van der Waals surface area contributed by atoms with Gasteiger partial charge in [-0.05, 0) is 36.4 Å². The number of carbonyl (C=O) groups excluding carboxylic acids is 1. The van der Waals surface area contributed by atoms with Crippen molar-refractivity contribution in [3.05, 3.63) is 89.5 Å². The number of aromatic nitrogens is 2. The molecule has 0 N–H and O–H groups in total. The van der Waals surface area contributed by atoms with Gasteiger partial charge >= 0.3 is 0 Å². The molecule has 0 radical (unpaired) electrons. The Morgan fingerprint density at radius 2 is 1.83 bits per heavy atom. The summed E-state index contributed by atoms with van der Waals surface area (Å²) in [7, 11) is 0. The number of rotatable bonds is 2. The molecule has 3 aromatic rings. The van der Waals surface area contributed by atoms with Crippen LogP contribution in [0.2, 0.25) is 0 Å². The Kier molecular flexibility index (Phi) is 4.05. The zero-order valence-corrected chi connectivity index (χ0v) is 11.9. The van der Waals surface area contributed by atoms with Crippen molar-refractivity contribution in [3.8, 4) is 5.69 Å². The Bertz CT molecular complexity index is 900. The predicted octanol–water partition coefficient (Wildman–Crippen LogP) is 2.89. The summed E-state index contributed by atoms with van der Waals surface area (Å²) >= 11 is 0. The first kappa shape index (κ1) is 14.8. The monoisotopic (exact) mass is 311 g/mol. The summed E-state index contributed by atoms with van der Waals surface area (Å²) < 4.78 is 28.3. The maximum absolute atomic E-state index is 13.5. The van der Waals surface area contributed by atoms with Crippen LogP contribution >= 0.6 is 0 Å². The maximum Gasteiger partial charge on any atom is 0.280 e. The van der Waals surface area contributed by atoms with Crippen molar-refractivity contribution in [1.82, 2.24) is 9.78 Å². The molecule has 1 aromatic heterocycles. The lowest BCUT2D eigenvalue weighted by atomic mass is 10.2. The highest BCUT2D eigenvalue weighted by molar-refractivity contribution is 5.95. The van der Waals surface area contributed by atoms with Crippen molar-refractivity contribution < 1.29 is 13.6 Å². The van der Waals surface area contributed by atoms with Crippen molar-refractivity contribution in [2.75, 3.05) is 0 Å². The van der Waals surface area contributed by atoms with Gasteiger partial charge in [0.2, 0.25) is 0 Å². The van der Waals surface area contributed by atoms with Gasteiger partial charge in [-0.1, -0.05) is 18.2 Å². The largest absolute Gasteiger partial charge is 0.280 e. The zero-order chi connectivity index (χ0) is 16.2. The molecule has 0 aliphatic heterocycles. The lowest BCUT2D eigenvalue weighted by Gasteiger charge is -2.03. The van der Waals surface area contributed by atoms with Gasteiger partial charge in [-0.15, -0.1) is 0 Å². The third-order valence-corrected chi connectivity index (χ3v) is 3.11. The topological polar surface area (TPSA) is 47.2 Å². The summed E-state index contributed by atoms with van der Waals surface area (Å²) in [6.45, 7) is 0. The average molecular weight is 311 g/mol. The number of carbonyl (C=O) groups is 1. The minimum Gasteiger partial charge on any atom is -0.267 e. The SMILES string of the molecule is O=C(N=c1ccn(-c2ccccc2)nc1)c1cc(F)ccc1F. The van der Waals surface area contributed by atoms with Crippen molar-refractivity contribution >= 4 is 5.91 Å². The molecule has 6 heteroatoms. The Labute approximate surface area is 130 Å². The van der Waals surface area contributed by atoms with Crippen LogP contribution in [0.5, 0.6) is 0 Å². The van der Waals surface area contributed by atoms with Crippen LogP contribution in [0.1, 0.15) is 10.4 Å². The van der Waals surface area contributed by atoms with Gasteiger partial charge in [-0.25, -0.2) is 18.5 Å². The summed E-state index contributed by atoms with van der Waals surface area (Å²) in [6.07, 6.45) is 3.01. The molecular weight excluding hydrogens is 300 g/mol. The van der Waals surface area contributed by atoms with Crippen molar-refractivity contribution in [1.29, 1.82) is 0 Å². The van der Waals surface area contributed by atoms with E-state index in [0.29, 0.717) is 0 Å². The van der Waals surface area contributed by atoms with Gasteiger partial charge in [0, 0.05) is 6.20 Å². The van der Waals surface area contributed by atoms with E-state index >= 15 is 0 Å². The standard InChI is InChI=1S/C17H11F2N3O/c18-12-6-7-16(19)15(10-12)17(23)21-13-8-9-22(20-11-13)14-4-2-1-3-5-14/h1-11H. The highest BCUT2D eigenvalue weighted by Crippen LogP contribution is 2.10. The van der Waals surface area contributed by atoms with E-state index in [1.165, 1.54) is 6.20 Å². The quantitative estimate of drug-likeness (QED) is 0.730. The van der Waals surface area contributed by atoms with Crippen LogP contribution in [0.25, 0.3) is 5.69 Å². The van der Waals surface area contributed by atoms with E-state index in [1.807, 2.05) is 30.3 Å². The van der Waals surface area contributed by atoms with Crippen LogP contribution in [0.4, 0.5) is 8.78 Å². The maximum atomic E-state index is 13.5. The fourth-order valence-electron chi connectivity index (χ4n) is 1.99. The molecule has 0 saturated carbocycles. The van der Waals surface area contributed by atoms with Crippen LogP contribution in [-0.2, 0) is 0 Å². The number of hydrogen-bond acceptors (Lipinski definition) is 2. The number of halogens is 2. The van der Waals surface area contributed by atoms with E-state index in [9.17, 15) is 13.6 Å². The molecule has 0 bridgehead atoms. The van der Waals surface area contributed by atoms with Gasteiger partial charge in [-0.3, -0.25) is 4.79 Å². The van der Waals surface area contributed by atoms with E-state index in [-0.39, 0.29) is 5.36 Å². The molecule has 0 unspecified atom stereocenters. The molecule has 114 valence electrons. The highest BCUT2D eigenvalue weighted by Gasteiger charge is 2.11. The van der Waals surface area contributed by atoms with Crippen molar-refractivity contribution in [2.45, 2.75) is 0 Å². The van der Waals surface area contributed by atoms with Gasteiger partial charge < -0.3 is 0 Å². The van der Waals surface area contributed by atoms with Gasteiger partial charge in [-0.2, -0.15) is 5.10 Å². The number of hydrogen-bond donors (Lipinski definition) is 0. The van der Waals surface area contributed by atoms with Gasteiger partial charge in [0.15, 0.2) is 0 Å². The molecule has 0 saturated heterocycles. The molecule has 0 spiro atoms. The summed E-state index contributed by atoms with van der Waals surface area (Å²) in [6, 6.07) is 13.6. The van der Waals surface area contributed by atoms with Crippen LogP contribution < -0.4 is 5.36 Å². The second kappa shape index (κ2) is 6.31. The lowest BCUT2D eigenvalue weighted by molar-refractivity contribution is 0.0994. The molecule has 0 fully saturated rings. The third-order valence-electron chi connectivity index (χ3n) is 3.11. The Hall–Kier alpha value is -3.15. The number of benzene rings is 2. The molecule has 0 aliphatic rings. The fourth-order valence-corrected chi connectivity index (χ4v) is 1.99. The summed E-state index contributed by atoms with van der Waals surface area (Å²) in [5, 5.41) is 4.39. The van der Waals surface area contributed by atoms with E-state index in [2.05, 4.69) is 10.1 Å². The number of para-hydroxylation sites is 1. The minimum absolute atomic E-state index is 0.255.